The van der Waals surface area contributed by atoms with Crippen molar-refractivity contribution >= 4 is 15.7 Å². The Morgan fingerprint density at radius 3 is 2.71 bits per heavy atom. The molecule has 5 nitrogen and oxygen atoms in total. The Hall–Kier alpha value is -1.87. The molecule has 1 aromatic carbocycles. The molecule has 0 aliphatic carbocycles. The zero-order valence-corrected chi connectivity index (χ0v) is 12.6. The summed E-state index contributed by atoms with van der Waals surface area (Å²) in [5.41, 5.74) is 2.30. The van der Waals surface area contributed by atoms with Crippen LogP contribution < -0.4 is 0 Å². The predicted molar refractivity (Wildman–Crippen MR) is 79.1 cm³/mol. The quantitative estimate of drug-likeness (QED) is 0.768. The molecular formula is C15H18N2O3S. The summed E-state index contributed by atoms with van der Waals surface area (Å²) in [5.74, 6) is -0.904. The molecule has 1 heterocycles. The normalized spacial score (nSPS) is 14.3. The average molecular weight is 306 g/mol. The van der Waals surface area contributed by atoms with Gasteiger partial charge in [-0.05, 0) is 24.0 Å². The van der Waals surface area contributed by atoms with E-state index >= 15 is 0 Å². The van der Waals surface area contributed by atoms with Gasteiger partial charge in [-0.3, -0.25) is 4.79 Å². The number of carbonyl (C=O) groups is 1. The third-order valence-corrected chi connectivity index (χ3v) is 5.17. The van der Waals surface area contributed by atoms with Crippen molar-refractivity contribution in [1.29, 1.82) is 5.26 Å². The van der Waals surface area contributed by atoms with Crippen LogP contribution in [-0.2, 0) is 27.6 Å². The van der Waals surface area contributed by atoms with Gasteiger partial charge >= 0.3 is 0 Å². The van der Waals surface area contributed by atoms with Gasteiger partial charge in [-0.25, -0.2) is 8.42 Å². The van der Waals surface area contributed by atoms with Crippen LogP contribution in [0.15, 0.2) is 24.3 Å². The lowest BCUT2D eigenvalue weighted by Crippen LogP contribution is -2.39. The van der Waals surface area contributed by atoms with E-state index in [1.54, 1.807) is 4.90 Å². The molecule has 0 fully saturated rings. The zero-order valence-electron chi connectivity index (χ0n) is 11.8. The highest BCUT2D eigenvalue weighted by Crippen LogP contribution is 2.18. The number of hydrogen-bond acceptors (Lipinski definition) is 4. The Labute approximate surface area is 125 Å². The molecule has 0 unspecified atom stereocenters. The highest BCUT2D eigenvalue weighted by atomic mass is 32.2. The van der Waals surface area contributed by atoms with Gasteiger partial charge in [-0.15, -0.1) is 0 Å². The third kappa shape index (κ3) is 4.30. The number of unbranched alkanes of at least 4 members (excludes halogenated alkanes) is 1. The second kappa shape index (κ2) is 6.72. The molecule has 2 rings (SSSR count). The van der Waals surface area contributed by atoms with Crippen molar-refractivity contribution < 1.29 is 13.2 Å². The molecule has 112 valence electrons. The van der Waals surface area contributed by atoms with Crippen LogP contribution in [0.5, 0.6) is 0 Å². The van der Waals surface area contributed by atoms with Crippen LogP contribution in [0.1, 0.15) is 24.0 Å². The molecule has 21 heavy (non-hydrogen) atoms. The largest absolute Gasteiger partial charge is 0.337 e. The van der Waals surface area contributed by atoms with Crippen LogP contribution in [0.3, 0.4) is 0 Å². The minimum absolute atomic E-state index is 0.100. The molecule has 6 heteroatoms. The SMILES string of the molecule is N#CCCCS(=O)(=O)CC(=O)N1CCc2ccccc2C1. The molecule has 0 radical (unpaired) electrons. The number of nitriles is 1. The number of benzene rings is 1. The van der Waals surface area contributed by atoms with Gasteiger partial charge in [-0.1, -0.05) is 24.3 Å². The number of hydrogen-bond donors (Lipinski definition) is 0. The first-order valence-electron chi connectivity index (χ1n) is 6.94. The minimum Gasteiger partial charge on any atom is -0.337 e. The van der Waals surface area contributed by atoms with Gasteiger partial charge < -0.3 is 4.90 Å². The molecule has 0 bridgehead atoms. The highest BCUT2D eigenvalue weighted by molar-refractivity contribution is 7.92. The van der Waals surface area contributed by atoms with E-state index in [1.807, 2.05) is 30.3 Å². The van der Waals surface area contributed by atoms with E-state index in [0.717, 1.165) is 12.0 Å². The molecular weight excluding hydrogens is 288 g/mol. The van der Waals surface area contributed by atoms with Gasteiger partial charge in [0.2, 0.25) is 5.91 Å². The van der Waals surface area contributed by atoms with E-state index in [2.05, 4.69) is 0 Å². The van der Waals surface area contributed by atoms with E-state index in [9.17, 15) is 13.2 Å². The second-order valence-corrected chi connectivity index (χ2v) is 7.37. The van der Waals surface area contributed by atoms with Crippen molar-refractivity contribution in [3.8, 4) is 6.07 Å². The van der Waals surface area contributed by atoms with Crippen molar-refractivity contribution in [3.05, 3.63) is 35.4 Å². The fourth-order valence-corrected chi connectivity index (χ4v) is 3.72. The monoisotopic (exact) mass is 306 g/mol. The van der Waals surface area contributed by atoms with E-state index in [0.29, 0.717) is 13.1 Å². The van der Waals surface area contributed by atoms with Gasteiger partial charge in [0.25, 0.3) is 0 Å². The van der Waals surface area contributed by atoms with Crippen LogP contribution >= 0.6 is 0 Å². The molecule has 0 spiro atoms. The first-order valence-corrected chi connectivity index (χ1v) is 8.76. The average Bonchev–Trinajstić information content (AvgIpc) is 2.46. The topological polar surface area (TPSA) is 78.2 Å². The summed E-state index contributed by atoms with van der Waals surface area (Å²) >= 11 is 0. The minimum atomic E-state index is -3.42. The number of rotatable bonds is 5. The third-order valence-electron chi connectivity index (χ3n) is 3.57. The first-order chi connectivity index (χ1) is 10.0. The predicted octanol–water partition coefficient (Wildman–Crippen LogP) is 1.29. The smallest absolute Gasteiger partial charge is 0.238 e. The number of fused-ring (bicyclic) bond motifs is 1. The fraction of sp³-hybridized carbons (Fsp3) is 0.467. The fourth-order valence-electron chi connectivity index (χ4n) is 2.43. The van der Waals surface area contributed by atoms with Gasteiger partial charge in [0.1, 0.15) is 5.75 Å². The second-order valence-electron chi connectivity index (χ2n) is 5.19. The van der Waals surface area contributed by atoms with Gasteiger partial charge in [0.05, 0.1) is 11.8 Å². The Morgan fingerprint density at radius 2 is 2.00 bits per heavy atom. The van der Waals surface area contributed by atoms with E-state index in [4.69, 9.17) is 5.26 Å². The van der Waals surface area contributed by atoms with Crippen LogP contribution in [0.25, 0.3) is 0 Å². The summed E-state index contributed by atoms with van der Waals surface area (Å²) < 4.78 is 23.7. The number of amides is 1. The van der Waals surface area contributed by atoms with Crippen molar-refractivity contribution in [3.63, 3.8) is 0 Å². The Kier molecular flexibility index (Phi) is 4.97. The number of sulfone groups is 1. The number of nitrogens with zero attached hydrogens (tertiary/aromatic N) is 2. The maximum atomic E-state index is 12.1. The summed E-state index contributed by atoms with van der Waals surface area (Å²) in [5, 5.41) is 8.42. The standard InChI is InChI=1S/C15H18N2O3S/c16-8-3-4-10-21(19,20)12-15(18)17-9-7-13-5-1-2-6-14(13)11-17/h1-2,5-6H,3-4,7,9-12H2. The van der Waals surface area contributed by atoms with Crippen molar-refractivity contribution in [2.75, 3.05) is 18.1 Å². The molecule has 1 aliphatic rings. The lowest BCUT2D eigenvalue weighted by Gasteiger charge is -2.28. The molecule has 1 aromatic rings. The summed E-state index contributed by atoms with van der Waals surface area (Å²) in [6.07, 6.45) is 1.25. The molecule has 0 N–H and O–H groups in total. The number of carbonyl (C=O) groups excluding carboxylic acids is 1. The molecule has 0 saturated heterocycles. The van der Waals surface area contributed by atoms with Crippen LogP contribution in [0.2, 0.25) is 0 Å². The summed E-state index contributed by atoms with van der Waals surface area (Å²) in [6.45, 7) is 1.03. The molecule has 0 saturated carbocycles. The lowest BCUT2D eigenvalue weighted by atomic mass is 10.00. The molecule has 1 amide bonds. The summed E-state index contributed by atoms with van der Waals surface area (Å²) in [4.78, 5) is 13.7. The van der Waals surface area contributed by atoms with Crippen molar-refractivity contribution in [2.24, 2.45) is 0 Å². The zero-order chi connectivity index (χ0) is 15.3. The van der Waals surface area contributed by atoms with E-state index < -0.39 is 15.6 Å². The van der Waals surface area contributed by atoms with E-state index in [-0.39, 0.29) is 24.5 Å². The van der Waals surface area contributed by atoms with Crippen molar-refractivity contribution in [2.45, 2.75) is 25.8 Å². The molecule has 1 aliphatic heterocycles. The van der Waals surface area contributed by atoms with Gasteiger partial charge in [0, 0.05) is 19.5 Å². The highest BCUT2D eigenvalue weighted by Gasteiger charge is 2.24. The molecule has 0 atom stereocenters. The Bertz CT molecular complexity index is 662. The summed E-state index contributed by atoms with van der Waals surface area (Å²) in [6, 6.07) is 9.80. The molecule has 0 aromatic heterocycles. The van der Waals surface area contributed by atoms with Crippen LogP contribution in [0.4, 0.5) is 0 Å². The van der Waals surface area contributed by atoms with E-state index in [1.165, 1.54) is 5.56 Å². The van der Waals surface area contributed by atoms with Gasteiger partial charge in [0.15, 0.2) is 9.84 Å². The first kappa shape index (κ1) is 15.5. The lowest BCUT2D eigenvalue weighted by molar-refractivity contribution is -0.129. The van der Waals surface area contributed by atoms with Crippen LogP contribution in [0, 0.1) is 11.3 Å². The Balaban J connectivity index is 1.95. The Morgan fingerprint density at radius 1 is 1.29 bits per heavy atom. The maximum absolute atomic E-state index is 12.1. The summed E-state index contributed by atoms with van der Waals surface area (Å²) in [7, 11) is -3.42. The van der Waals surface area contributed by atoms with Crippen molar-refractivity contribution in [1.82, 2.24) is 4.90 Å². The van der Waals surface area contributed by atoms with Crippen LogP contribution in [-0.4, -0.2) is 37.3 Å². The van der Waals surface area contributed by atoms with Gasteiger partial charge in [-0.2, -0.15) is 5.26 Å². The maximum Gasteiger partial charge on any atom is 0.238 e.